The van der Waals surface area contributed by atoms with Crippen LogP contribution in [0.5, 0.6) is 0 Å². The molecule has 0 radical (unpaired) electrons. The molecule has 0 aromatic carbocycles. The molecule has 0 bridgehead atoms. The number of carbonyl (C=O) groups excluding carboxylic acids is 1. The van der Waals surface area contributed by atoms with E-state index in [4.69, 9.17) is 24.4 Å². The fourth-order valence-electron chi connectivity index (χ4n) is 5.33. The molecule has 0 aliphatic carbocycles. The van der Waals surface area contributed by atoms with Gasteiger partial charge in [0.25, 0.3) is 0 Å². The number of hydrogen-bond acceptors (Lipinski definition) is 9. The van der Waals surface area contributed by atoms with Crippen molar-refractivity contribution >= 4 is 29.5 Å². The minimum absolute atomic E-state index is 0.00692. The summed E-state index contributed by atoms with van der Waals surface area (Å²) in [4.78, 5) is 11.6. The molecule has 0 unspecified atom stereocenters. The van der Waals surface area contributed by atoms with E-state index in [0.29, 0.717) is 13.2 Å². The number of hydrogen-bond donors (Lipinski definition) is 3. The second kappa shape index (κ2) is 43.7. The number of aliphatic hydroxyl groups excluding tert-OH is 3. The van der Waals surface area contributed by atoms with Gasteiger partial charge in [-0.3, -0.25) is 4.79 Å². The SMILES string of the molecule is CCCCCCCCSCCCCCCCCOC[C@H](O)CO.CCCCCCCCSCCCCCCCCOC[C@H](O)COC(=O)C(C)(C)C. The van der Waals surface area contributed by atoms with Crippen LogP contribution in [0.3, 0.4) is 0 Å². The smallest absolute Gasteiger partial charge is 0.311 e. The van der Waals surface area contributed by atoms with Crippen LogP contribution in [0.25, 0.3) is 0 Å². The maximum Gasteiger partial charge on any atom is 0.311 e. The van der Waals surface area contributed by atoms with Gasteiger partial charge in [0.2, 0.25) is 0 Å². The van der Waals surface area contributed by atoms with Gasteiger partial charge in [0.1, 0.15) is 18.8 Å². The number of thioether (sulfide) groups is 2. The lowest BCUT2D eigenvalue weighted by atomic mass is 9.97. The molecule has 9 heteroatoms. The Morgan fingerprint density at radius 1 is 0.500 bits per heavy atom. The van der Waals surface area contributed by atoms with Gasteiger partial charge >= 0.3 is 5.97 Å². The Labute approximate surface area is 331 Å². The molecule has 0 saturated carbocycles. The van der Waals surface area contributed by atoms with E-state index >= 15 is 0 Å². The summed E-state index contributed by atoms with van der Waals surface area (Å²) in [6.45, 7) is 11.6. The Morgan fingerprint density at radius 2 is 0.827 bits per heavy atom. The minimum Gasteiger partial charge on any atom is -0.462 e. The molecule has 0 amide bonds. The van der Waals surface area contributed by atoms with Crippen LogP contribution < -0.4 is 0 Å². The summed E-state index contributed by atoms with van der Waals surface area (Å²) in [5.41, 5.74) is -0.535. The summed E-state index contributed by atoms with van der Waals surface area (Å²) in [6.07, 6.45) is 30.4. The highest BCUT2D eigenvalue weighted by Gasteiger charge is 2.23. The van der Waals surface area contributed by atoms with Crippen molar-refractivity contribution in [3.63, 3.8) is 0 Å². The summed E-state index contributed by atoms with van der Waals surface area (Å²) in [6, 6.07) is 0. The van der Waals surface area contributed by atoms with Crippen LogP contribution in [0.1, 0.15) is 189 Å². The van der Waals surface area contributed by atoms with Crippen molar-refractivity contribution in [2.75, 3.05) is 62.7 Å². The van der Waals surface area contributed by atoms with Crippen LogP contribution >= 0.6 is 23.5 Å². The third-order valence-electron chi connectivity index (χ3n) is 8.79. The summed E-state index contributed by atoms with van der Waals surface area (Å²) in [5.74, 6) is 5.04. The second-order valence-electron chi connectivity index (χ2n) is 15.5. The van der Waals surface area contributed by atoms with Crippen molar-refractivity contribution in [3.05, 3.63) is 0 Å². The molecule has 0 rings (SSSR count). The van der Waals surface area contributed by atoms with Gasteiger partial charge in [0.05, 0.1) is 25.2 Å². The maximum absolute atomic E-state index is 11.6. The van der Waals surface area contributed by atoms with E-state index in [2.05, 4.69) is 37.4 Å². The Balaban J connectivity index is 0. The van der Waals surface area contributed by atoms with Gasteiger partial charge in [-0.2, -0.15) is 23.5 Å². The van der Waals surface area contributed by atoms with Crippen LogP contribution in [-0.2, 0) is 19.0 Å². The predicted molar refractivity (Wildman–Crippen MR) is 228 cm³/mol. The molecule has 0 fully saturated rings. The first kappa shape index (κ1) is 54.1. The molecule has 7 nitrogen and oxygen atoms in total. The molecule has 314 valence electrons. The minimum atomic E-state index is -0.741. The van der Waals surface area contributed by atoms with E-state index in [1.165, 1.54) is 164 Å². The summed E-state index contributed by atoms with van der Waals surface area (Å²) in [7, 11) is 0. The highest BCUT2D eigenvalue weighted by molar-refractivity contribution is 7.99. The van der Waals surface area contributed by atoms with Crippen LogP contribution in [-0.4, -0.2) is 96.1 Å². The summed E-state index contributed by atoms with van der Waals surface area (Å²) >= 11 is 4.26. The van der Waals surface area contributed by atoms with Gasteiger partial charge in [-0.25, -0.2) is 0 Å². The molecule has 3 N–H and O–H groups in total. The first-order valence-corrected chi connectivity index (χ1v) is 23.9. The largest absolute Gasteiger partial charge is 0.462 e. The third-order valence-corrected chi connectivity index (χ3v) is 11.1. The lowest BCUT2D eigenvalue weighted by molar-refractivity contribution is -0.157. The number of rotatable bonds is 39. The molecule has 0 spiro atoms. The molecule has 2 atom stereocenters. The molecular weight excluding hydrogens is 693 g/mol. The van der Waals surface area contributed by atoms with E-state index in [1.807, 2.05) is 0 Å². The number of ether oxygens (including phenoxy) is 3. The summed E-state index contributed by atoms with van der Waals surface area (Å²) in [5, 5.41) is 27.5. The van der Waals surface area contributed by atoms with Crippen LogP contribution in [0.4, 0.5) is 0 Å². The van der Waals surface area contributed by atoms with E-state index in [-0.39, 0.29) is 32.4 Å². The van der Waals surface area contributed by atoms with Gasteiger partial charge in [-0.15, -0.1) is 0 Å². The fraction of sp³-hybridized carbons (Fsp3) is 0.977. The van der Waals surface area contributed by atoms with E-state index in [1.54, 1.807) is 20.8 Å². The Bertz CT molecular complexity index is 693. The fourth-order valence-corrected chi connectivity index (χ4v) is 7.37. The average molecular weight is 781 g/mol. The van der Waals surface area contributed by atoms with Crippen molar-refractivity contribution in [2.24, 2.45) is 5.41 Å². The predicted octanol–water partition coefficient (Wildman–Crippen LogP) is 11.2. The van der Waals surface area contributed by atoms with E-state index in [0.717, 1.165) is 12.8 Å². The zero-order valence-corrected chi connectivity index (χ0v) is 36.6. The average Bonchev–Trinajstić information content (AvgIpc) is 3.12. The van der Waals surface area contributed by atoms with Gasteiger partial charge in [-0.05, 0) is 82.3 Å². The number of esters is 1. The maximum atomic E-state index is 11.6. The van der Waals surface area contributed by atoms with Gasteiger partial charge in [0, 0.05) is 13.2 Å². The molecule has 0 aromatic rings. The molecule has 0 aliphatic rings. The molecular formula is C43H88O7S2. The van der Waals surface area contributed by atoms with Crippen molar-refractivity contribution in [1.82, 2.24) is 0 Å². The standard InChI is InChI=1S/C24H48O4S.C19H40O3S/c1-5-6-7-8-12-15-18-29-19-16-13-10-9-11-14-17-27-20-22(25)21-28-23(26)24(2,3)4;1-2-3-4-5-9-12-15-23-16-13-10-7-6-8-11-14-22-18-19(21)17-20/h22,25H,5-21H2,1-4H3;19-21H,2-18H2,1H3/t22-;19-/m01/s1. The Hall–Kier alpha value is -0.0300. The van der Waals surface area contributed by atoms with Crippen molar-refractivity contribution in [1.29, 1.82) is 0 Å². The van der Waals surface area contributed by atoms with Gasteiger partial charge in [0.15, 0.2) is 0 Å². The number of unbranched alkanes of at least 4 members (excludes halogenated alkanes) is 20. The van der Waals surface area contributed by atoms with Gasteiger partial charge < -0.3 is 29.5 Å². The molecule has 52 heavy (non-hydrogen) atoms. The van der Waals surface area contributed by atoms with Crippen molar-refractivity contribution in [2.45, 2.75) is 201 Å². The normalized spacial score (nSPS) is 12.8. The number of aliphatic hydroxyl groups is 3. The zero-order chi connectivity index (χ0) is 38.8. The van der Waals surface area contributed by atoms with Gasteiger partial charge in [-0.1, -0.05) is 129 Å². The lowest BCUT2D eigenvalue weighted by Gasteiger charge is -2.18. The molecule has 0 aliphatic heterocycles. The lowest BCUT2D eigenvalue weighted by Crippen LogP contribution is -2.29. The van der Waals surface area contributed by atoms with Crippen LogP contribution in [0, 0.1) is 5.41 Å². The Kier molecular flexibility index (Phi) is 45.4. The summed E-state index contributed by atoms with van der Waals surface area (Å²) < 4.78 is 15.8. The zero-order valence-electron chi connectivity index (χ0n) is 35.0. The first-order chi connectivity index (χ1) is 25.2. The van der Waals surface area contributed by atoms with Crippen LogP contribution in [0.15, 0.2) is 0 Å². The second-order valence-corrected chi connectivity index (χ2v) is 17.9. The first-order valence-electron chi connectivity index (χ1n) is 21.6. The number of carbonyl (C=O) groups is 1. The quantitative estimate of drug-likeness (QED) is 0.0415. The van der Waals surface area contributed by atoms with E-state index < -0.39 is 17.6 Å². The topological polar surface area (TPSA) is 105 Å². The Morgan fingerprint density at radius 3 is 1.17 bits per heavy atom. The monoisotopic (exact) mass is 781 g/mol. The molecule has 0 heterocycles. The molecule has 0 saturated heterocycles. The molecule has 0 aromatic heterocycles. The van der Waals surface area contributed by atoms with E-state index in [9.17, 15) is 9.90 Å². The van der Waals surface area contributed by atoms with Crippen molar-refractivity contribution < 1.29 is 34.3 Å². The highest BCUT2D eigenvalue weighted by Crippen LogP contribution is 2.16. The highest BCUT2D eigenvalue weighted by atomic mass is 32.2. The third kappa shape index (κ3) is 46.1. The van der Waals surface area contributed by atoms with Crippen molar-refractivity contribution in [3.8, 4) is 0 Å². The van der Waals surface area contributed by atoms with Crippen LogP contribution in [0.2, 0.25) is 0 Å².